The van der Waals surface area contributed by atoms with Gasteiger partial charge in [-0.1, -0.05) is 29.8 Å². The summed E-state index contributed by atoms with van der Waals surface area (Å²) in [6, 6.07) is 14.1. The predicted molar refractivity (Wildman–Crippen MR) is 83.0 cm³/mol. The van der Waals surface area contributed by atoms with E-state index in [4.69, 9.17) is 22.7 Å². The number of thiocarbonyl (C=S) groups is 1. The number of ether oxygens (including phenoxy) is 1. The predicted octanol–water partition coefficient (Wildman–Crippen LogP) is 2.87. The molecule has 0 heterocycles. The van der Waals surface area contributed by atoms with Gasteiger partial charge in [-0.2, -0.15) is 0 Å². The van der Waals surface area contributed by atoms with Crippen molar-refractivity contribution in [2.75, 3.05) is 5.32 Å². The molecule has 20 heavy (non-hydrogen) atoms. The SMILES string of the molecule is Cc1ccc(OC(=O)c2ccccc2NC(N)=S)cc1. The van der Waals surface area contributed by atoms with Crippen molar-refractivity contribution in [3.8, 4) is 5.75 Å². The summed E-state index contributed by atoms with van der Waals surface area (Å²) >= 11 is 4.78. The van der Waals surface area contributed by atoms with Crippen molar-refractivity contribution >= 4 is 29.0 Å². The van der Waals surface area contributed by atoms with Crippen molar-refractivity contribution < 1.29 is 9.53 Å². The molecule has 0 fully saturated rings. The summed E-state index contributed by atoms with van der Waals surface area (Å²) in [6.45, 7) is 1.97. The summed E-state index contributed by atoms with van der Waals surface area (Å²) in [5, 5.41) is 2.86. The molecular formula is C15H14N2O2S. The van der Waals surface area contributed by atoms with E-state index >= 15 is 0 Å². The van der Waals surface area contributed by atoms with Crippen molar-refractivity contribution in [1.29, 1.82) is 0 Å². The second kappa shape index (κ2) is 6.16. The number of hydrogen-bond donors (Lipinski definition) is 2. The van der Waals surface area contributed by atoms with Crippen LogP contribution in [0.3, 0.4) is 0 Å². The van der Waals surface area contributed by atoms with Crippen LogP contribution in [-0.4, -0.2) is 11.1 Å². The fourth-order valence-electron chi connectivity index (χ4n) is 1.67. The van der Waals surface area contributed by atoms with Crippen molar-refractivity contribution in [2.24, 2.45) is 5.73 Å². The largest absolute Gasteiger partial charge is 0.423 e. The van der Waals surface area contributed by atoms with E-state index in [0.717, 1.165) is 5.56 Å². The Labute approximate surface area is 122 Å². The topological polar surface area (TPSA) is 64.3 Å². The summed E-state index contributed by atoms with van der Waals surface area (Å²) in [5.41, 5.74) is 7.43. The second-order valence-corrected chi connectivity index (χ2v) is 4.68. The third-order valence-corrected chi connectivity index (χ3v) is 2.74. The summed E-state index contributed by atoms with van der Waals surface area (Å²) in [4.78, 5) is 12.2. The second-order valence-electron chi connectivity index (χ2n) is 4.24. The fraction of sp³-hybridized carbons (Fsp3) is 0.0667. The Hall–Kier alpha value is -2.40. The molecule has 0 saturated heterocycles. The van der Waals surface area contributed by atoms with Crippen LogP contribution < -0.4 is 15.8 Å². The Kier molecular flexibility index (Phi) is 4.32. The zero-order valence-corrected chi connectivity index (χ0v) is 11.7. The van der Waals surface area contributed by atoms with Gasteiger partial charge in [-0.3, -0.25) is 0 Å². The molecule has 2 aromatic carbocycles. The number of nitrogens with one attached hydrogen (secondary N) is 1. The molecule has 0 aromatic heterocycles. The maximum Gasteiger partial charge on any atom is 0.345 e. The molecule has 4 nitrogen and oxygen atoms in total. The van der Waals surface area contributed by atoms with Gasteiger partial charge in [-0.25, -0.2) is 4.79 Å². The molecule has 5 heteroatoms. The van der Waals surface area contributed by atoms with Crippen LogP contribution in [0.1, 0.15) is 15.9 Å². The molecule has 102 valence electrons. The van der Waals surface area contributed by atoms with E-state index in [2.05, 4.69) is 5.32 Å². The molecule has 0 radical (unpaired) electrons. The number of carbonyl (C=O) groups excluding carboxylic acids is 1. The molecule has 0 atom stereocenters. The first-order chi connectivity index (χ1) is 9.56. The lowest BCUT2D eigenvalue weighted by molar-refractivity contribution is 0.0736. The standard InChI is InChI=1S/C15H14N2O2S/c1-10-6-8-11(9-7-10)19-14(18)12-4-2-3-5-13(12)17-15(16)20/h2-9H,1H3,(H3,16,17,20). The molecule has 2 rings (SSSR count). The highest BCUT2D eigenvalue weighted by Crippen LogP contribution is 2.19. The van der Waals surface area contributed by atoms with E-state index in [1.54, 1.807) is 36.4 Å². The normalized spacial score (nSPS) is 9.85. The van der Waals surface area contributed by atoms with Crippen LogP contribution in [0.4, 0.5) is 5.69 Å². The highest BCUT2D eigenvalue weighted by atomic mass is 32.1. The van der Waals surface area contributed by atoms with Crippen LogP contribution in [0.15, 0.2) is 48.5 Å². The van der Waals surface area contributed by atoms with Crippen LogP contribution in [0.25, 0.3) is 0 Å². The Morgan fingerprint density at radius 3 is 2.45 bits per heavy atom. The van der Waals surface area contributed by atoms with Crippen LogP contribution in [0.5, 0.6) is 5.75 Å². The maximum absolute atomic E-state index is 12.2. The molecule has 0 amide bonds. The number of aryl methyl sites for hydroxylation is 1. The molecule has 0 spiro atoms. The zero-order chi connectivity index (χ0) is 14.5. The van der Waals surface area contributed by atoms with E-state index in [1.165, 1.54) is 0 Å². The molecule has 3 N–H and O–H groups in total. The first-order valence-corrected chi connectivity index (χ1v) is 6.41. The van der Waals surface area contributed by atoms with Gasteiger partial charge in [0.05, 0.1) is 11.3 Å². The zero-order valence-electron chi connectivity index (χ0n) is 10.9. The lowest BCUT2D eigenvalue weighted by Gasteiger charge is -2.10. The number of anilines is 1. The molecule has 0 unspecified atom stereocenters. The minimum Gasteiger partial charge on any atom is -0.423 e. The van der Waals surface area contributed by atoms with Crippen LogP contribution in [0, 0.1) is 6.92 Å². The van der Waals surface area contributed by atoms with Gasteiger partial charge in [-0.05, 0) is 43.4 Å². The molecular weight excluding hydrogens is 272 g/mol. The average Bonchev–Trinajstić information content (AvgIpc) is 2.41. The summed E-state index contributed by atoms with van der Waals surface area (Å²) in [6.07, 6.45) is 0. The van der Waals surface area contributed by atoms with Crippen molar-refractivity contribution in [2.45, 2.75) is 6.92 Å². The molecule has 0 bridgehead atoms. The van der Waals surface area contributed by atoms with Crippen molar-refractivity contribution in [1.82, 2.24) is 0 Å². The number of rotatable bonds is 3. The van der Waals surface area contributed by atoms with E-state index in [0.29, 0.717) is 17.0 Å². The summed E-state index contributed by atoms with van der Waals surface area (Å²) in [5.74, 6) is 0.0268. The van der Waals surface area contributed by atoms with Gasteiger partial charge in [0.25, 0.3) is 0 Å². The number of carbonyl (C=O) groups is 1. The van der Waals surface area contributed by atoms with Gasteiger partial charge in [0, 0.05) is 0 Å². The number of esters is 1. The quantitative estimate of drug-likeness (QED) is 0.516. The Bertz CT molecular complexity index is 639. The summed E-state index contributed by atoms with van der Waals surface area (Å²) < 4.78 is 5.31. The first-order valence-electron chi connectivity index (χ1n) is 6.00. The molecule has 2 aromatic rings. The fourth-order valence-corrected chi connectivity index (χ4v) is 1.78. The number of hydrogen-bond acceptors (Lipinski definition) is 3. The Morgan fingerprint density at radius 1 is 1.15 bits per heavy atom. The van der Waals surface area contributed by atoms with E-state index in [9.17, 15) is 4.79 Å². The molecule has 0 aliphatic heterocycles. The van der Waals surface area contributed by atoms with Gasteiger partial charge in [0.2, 0.25) is 0 Å². The smallest absolute Gasteiger partial charge is 0.345 e. The third kappa shape index (κ3) is 3.55. The third-order valence-electron chi connectivity index (χ3n) is 2.64. The Morgan fingerprint density at radius 2 is 1.80 bits per heavy atom. The first kappa shape index (κ1) is 14.0. The number of nitrogens with two attached hydrogens (primary N) is 1. The van der Waals surface area contributed by atoms with Gasteiger partial charge >= 0.3 is 5.97 Å². The van der Waals surface area contributed by atoms with Gasteiger partial charge in [-0.15, -0.1) is 0 Å². The number of para-hydroxylation sites is 1. The van der Waals surface area contributed by atoms with Gasteiger partial charge < -0.3 is 15.8 Å². The maximum atomic E-state index is 12.2. The van der Waals surface area contributed by atoms with Crippen LogP contribution in [-0.2, 0) is 0 Å². The minimum absolute atomic E-state index is 0.0978. The highest BCUT2D eigenvalue weighted by molar-refractivity contribution is 7.80. The van der Waals surface area contributed by atoms with Gasteiger partial charge in [0.15, 0.2) is 5.11 Å². The highest BCUT2D eigenvalue weighted by Gasteiger charge is 2.13. The van der Waals surface area contributed by atoms with Crippen LogP contribution >= 0.6 is 12.2 Å². The van der Waals surface area contributed by atoms with Gasteiger partial charge in [0.1, 0.15) is 5.75 Å². The van der Waals surface area contributed by atoms with E-state index in [-0.39, 0.29) is 5.11 Å². The lowest BCUT2D eigenvalue weighted by Crippen LogP contribution is -2.21. The Balaban J connectivity index is 2.20. The summed E-state index contributed by atoms with van der Waals surface area (Å²) in [7, 11) is 0. The average molecular weight is 286 g/mol. The molecule has 0 aliphatic carbocycles. The van der Waals surface area contributed by atoms with Crippen LogP contribution in [0.2, 0.25) is 0 Å². The lowest BCUT2D eigenvalue weighted by atomic mass is 10.2. The van der Waals surface area contributed by atoms with Crippen molar-refractivity contribution in [3.63, 3.8) is 0 Å². The van der Waals surface area contributed by atoms with E-state index in [1.807, 2.05) is 19.1 Å². The van der Waals surface area contributed by atoms with E-state index < -0.39 is 5.97 Å². The molecule has 0 saturated carbocycles. The molecule has 0 aliphatic rings. The van der Waals surface area contributed by atoms with Crippen molar-refractivity contribution in [3.05, 3.63) is 59.7 Å². The number of benzene rings is 2. The minimum atomic E-state index is -0.465. The monoisotopic (exact) mass is 286 g/mol.